The molecule has 1 N–H and O–H groups in total. The van der Waals surface area contributed by atoms with Gasteiger partial charge in [0.15, 0.2) is 0 Å². The first kappa shape index (κ1) is 12.9. The lowest BCUT2D eigenvalue weighted by Crippen LogP contribution is -2.17. The molecule has 0 radical (unpaired) electrons. The summed E-state index contributed by atoms with van der Waals surface area (Å²) in [7, 11) is 3.16. The van der Waals surface area contributed by atoms with Crippen LogP contribution < -0.4 is 14.8 Å². The number of thiocarbonyl (C=S) groups is 1. The Balaban J connectivity index is 2.36. The van der Waals surface area contributed by atoms with Crippen molar-refractivity contribution in [2.75, 3.05) is 14.2 Å². The van der Waals surface area contributed by atoms with Gasteiger partial charge >= 0.3 is 0 Å². The van der Waals surface area contributed by atoms with Gasteiger partial charge in [0.05, 0.1) is 19.1 Å². The highest BCUT2D eigenvalue weighted by Gasteiger charge is 2.22. The Morgan fingerprint density at radius 3 is 2.28 bits per heavy atom. The third-order valence-electron chi connectivity index (χ3n) is 2.31. The van der Waals surface area contributed by atoms with Gasteiger partial charge in [0.2, 0.25) is 0 Å². The molecule has 4 nitrogen and oxygen atoms in total. The minimum atomic E-state index is -0.174. The predicted octanol–water partition coefficient (Wildman–Crippen LogP) is 2.19. The van der Waals surface area contributed by atoms with E-state index in [4.69, 9.17) is 21.7 Å². The van der Waals surface area contributed by atoms with Gasteiger partial charge in [-0.1, -0.05) is 24.0 Å². The van der Waals surface area contributed by atoms with Crippen molar-refractivity contribution in [3.8, 4) is 11.5 Å². The summed E-state index contributed by atoms with van der Waals surface area (Å²) in [4.78, 5) is 12.1. The summed E-state index contributed by atoms with van der Waals surface area (Å²) >= 11 is 6.17. The Labute approximate surface area is 114 Å². The molecule has 1 heterocycles. The molecule has 0 spiro atoms. The quantitative estimate of drug-likeness (QED) is 0.680. The van der Waals surface area contributed by atoms with E-state index in [1.165, 1.54) is 11.8 Å². The lowest BCUT2D eigenvalue weighted by Gasteiger charge is -2.06. The number of ether oxygens (including phenoxy) is 2. The van der Waals surface area contributed by atoms with Crippen molar-refractivity contribution in [3.05, 3.63) is 28.7 Å². The number of carbonyl (C=O) groups is 1. The van der Waals surface area contributed by atoms with Gasteiger partial charge in [0.1, 0.15) is 15.8 Å². The zero-order chi connectivity index (χ0) is 13.1. The Morgan fingerprint density at radius 1 is 1.22 bits per heavy atom. The van der Waals surface area contributed by atoms with Crippen LogP contribution in [-0.4, -0.2) is 24.4 Å². The van der Waals surface area contributed by atoms with Crippen LogP contribution in [0.4, 0.5) is 0 Å². The highest BCUT2D eigenvalue weighted by atomic mass is 32.2. The number of hydrogen-bond acceptors (Lipinski definition) is 5. The van der Waals surface area contributed by atoms with E-state index in [2.05, 4.69) is 5.32 Å². The van der Waals surface area contributed by atoms with E-state index in [-0.39, 0.29) is 5.91 Å². The molecule has 1 amide bonds. The number of nitrogens with one attached hydrogen (secondary N) is 1. The zero-order valence-electron chi connectivity index (χ0n) is 9.85. The van der Waals surface area contributed by atoms with Crippen LogP contribution in [0.25, 0.3) is 6.08 Å². The molecule has 1 aliphatic rings. The van der Waals surface area contributed by atoms with E-state index < -0.39 is 0 Å². The standard InChI is InChI=1S/C12H11NO3S2/c1-15-8-3-7(4-9(6-8)16-2)5-10-11(14)13-12(17)18-10/h3-6H,1-2H3,(H,13,14,17). The predicted molar refractivity (Wildman–Crippen MR) is 75.9 cm³/mol. The largest absolute Gasteiger partial charge is 0.497 e. The average molecular weight is 281 g/mol. The first-order chi connectivity index (χ1) is 8.62. The molecule has 1 saturated heterocycles. The van der Waals surface area contributed by atoms with E-state index >= 15 is 0 Å². The third-order valence-corrected chi connectivity index (χ3v) is 3.48. The maximum absolute atomic E-state index is 11.5. The molecule has 0 aliphatic carbocycles. The summed E-state index contributed by atoms with van der Waals surface area (Å²) in [5, 5.41) is 2.57. The molecule has 0 unspecified atom stereocenters. The van der Waals surface area contributed by atoms with E-state index in [0.29, 0.717) is 20.7 Å². The fourth-order valence-corrected chi connectivity index (χ4v) is 2.53. The van der Waals surface area contributed by atoms with Crippen molar-refractivity contribution in [1.29, 1.82) is 0 Å². The van der Waals surface area contributed by atoms with Crippen LogP contribution in [0.3, 0.4) is 0 Å². The highest BCUT2D eigenvalue weighted by Crippen LogP contribution is 2.29. The summed E-state index contributed by atoms with van der Waals surface area (Å²) in [6, 6.07) is 5.42. The number of rotatable bonds is 3. The summed E-state index contributed by atoms with van der Waals surface area (Å²) in [5.41, 5.74) is 0.827. The first-order valence-corrected chi connectivity index (χ1v) is 6.33. The number of hydrogen-bond donors (Lipinski definition) is 1. The van der Waals surface area contributed by atoms with E-state index in [1.807, 2.05) is 12.1 Å². The number of thioether (sulfide) groups is 1. The molecule has 1 fully saturated rings. The summed E-state index contributed by atoms with van der Waals surface area (Å²) in [6.45, 7) is 0. The van der Waals surface area contributed by atoms with E-state index in [0.717, 1.165) is 5.56 Å². The van der Waals surface area contributed by atoms with Gasteiger partial charge < -0.3 is 14.8 Å². The zero-order valence-corrected chi connectivity index (χ0v) is 11.5. The number of amides is 1. The molecule has 94 valence electrons. The molecule has 1 aromatic rings. The normalized spacial score (nSPS) is 16.9. The van der Waals surface area contributed by atoms with Crippen molar-refractivity contribution >= 4 is 40.3 Å². The number of benzene rings is 1. The van der Waals surface area contributed by atoms with Crippen molar-refractivity contribution in [2.45, 2.75) is 0 Å². The molecular formula is C12H11NO3S2. The molecule has 6 heteroatoms. The van der Waals surface area contributed by atoms with Gasteiger partial charge in [-0.2, -0.15) is 0 Å². The fraction of sp³-hybridized carbons (Fsp3) is 0.167. The second kappa shape index (κ2) is 5.41. The minimum absolute atomic E-state index is 0.174. The lowest BCUT2D eigenvalue weighted by molar-refractivity contribution is -0.115. The van der Waals surface area contributed by atoms with Crippen LogP contribution in [-0.2, 0) is 4.79 Å². The van der Waals surface area contributed by atoms with Crippen LogP contribution in [0.1, 0.15) is 5.56 Å². The first-order valence-electron chi connectivity index (χ1n) is 5.10. The van der Waals surface area contributed by atoms with Crippen LogP contribution >= 0.6 is 24.0 Å². The molecule has 18 heavy (non-hydrogen) atoms. The summed E-state index contributed by atoms with van der Waals surface area (Å²) in [6.07, 6.45) is 1.75. The fourth-order valence-electron chi connectivity index (χ4n) is 1.49. The van der Waals surface area contributed by atoms with Gasteiger partial charge in [0.25, 0.3) is 5.91 Å². The van der Waals surface area contributed by atoms with Gasteiger partial charge in [-0.15, -0.1) is 0 Å². The minimum Gasteiger partial charge on any atom is -0.497 e. The van der Waals surface area contributed by atoms with Crippen molar-refractivity contribution in [2.24, 2.45) is 0 Å². The average Bonchev–Trinajstić information content (AvgIpc) is 2.67. The van der Waals surface area contributed by atoms with Crippen LogP contribution in [0.5, 0.6) is 11.5 Å². The summed E-state index contributed by atoms with van der Waals surface area (Å²) in [5.74, 6) is 1.17. The van der Waals surface area contributed by atoms with Gasteiger partial charge in [-0.3, -0.25) is 4.79 Å². The Bertz CT molecular complexity index is 518. The lowest BCUT2D eigenvalue weighted by atomic mass is 10.2. The smallest absolute Gasteiger partial charge is 0.263 e. The maximum atomic E-state index is 11.5. The van der Waals surface area contributed by atoms with Crippen molar-refractivity contribution in [1.82, 2.24) is 5.32 Å². The SMILES string of the molecule is COc1cc(C=C2SC(=S)NC2=O)cc(OC)c1. The molecule has 0 saturated carbocycles. The number of methoxy groups -OCH3 is 2. The van der Waals surface area contributed by atoms with Crippen LogP contribution in [0.15, 0.2) is 23.1 Å². The van der Waals surface area contributed by atoms with Gasteiger partial charge in [-0.25, -0.2) is 0 Å². The Morgan fingerprint density at radius 2 is 1.83 bits per heavy atom. The molecule has 2 rings (SSSR count). The molecule has 0 aromatic heterocycles. The van der Waals surface area contributed by atoms with Gasteiger partial charge in [-0.05, 0) is 23.8 Å². The molecule has 1 aliphatic heterocycles. The topological polar surface area (TPSA) is 47.6 Å². The van der Waals surface area contributed by atoms with Crippen molar-refractivity contribution in [3.63, 3.8) is 0 Å². The Kier molecular flexibility index (Phi) is 3.88. The molecular weight excluding hydrogens is 270 g/mol. The summed E-state index contributed by atoms with van der Waals surface area (Å²) < 4.78 is 10.8. The molecule has 0 bridgehead atoms. The van der Waals surface area contributed by atoms with Gasteiger partial charge in [0, 0.05) is 6.07 Å². The van der Waals surface area contributed by atoms with Crippen molar-refractivity contribution < 1.29 is 14.3 Å². The maximum Gasteiger partial charge on any atom is 0.263 e. The molecule has 1 aromatic carbocycles. The Hall–Kier alpha value is -1.53. The van der Waals surface area contributed by atoms with E-state index in [9.17, 15) is 4.79 Å². The monoisotopic (exact) mass is 281 g/mol. The highest BCUT2D eigenvalue weighted by molar-refractivity contribution is 8.26. The third kappa shape index (κ3) is 2.83. The second-order valence-electron chi connectivity index (χ2n) is 3.50. The van der Waals surface area contributed by atoms with Crippen LogP contribution in [0.2, 0.25) is 0 Å². The second-order valence-corrected chi connectivity index (χ2v) is 5.22. The molecule has 0 atom stereocenters. The number of carbonyl (C=O) groups excluding carboxylic acids is 1. The van der Waals surface area contributed by atoms with E-state index in [1.54, 1.807) is 26.4 Å². The van der Waals surface area contributed by atoms with Crippen LogP contribution in [0, 0.1) is 0 Å².